The second-order valence-electron chi connectivity index (χ2n) is 4.94. The molecular weight excluding hydrogens is 389 g/mol. The number of hydrogen-bond donors (Lipinski definition) is 2. The highest BCUT2D eigenvalue weighted by Gasteiger charge is 2.01. The lowest BCUT2D eigenvalue weighted by Gasteiger charge is -2.13. The number of unbranched alkanes of at least 4 members (excludes halogenated alkanes) is 1. The van der Waals surface area contributed by atoms with Crippen LogP contribution in [0.1, 0.15) is 37.8 Å². The average molecular weight is 419 g/mol. The molecule has 0 fully saturated rings. The van der Waals surface area contributed by atoms with Crippen LogP contribution in [0, 0.1) is 0 Å². The highest BCUT2D eigenvalue weighted by atomic mass is 127. The van der Waals surface area contributed by atoms with E-state index in [9.17, 15) is 0 Å². The van der Waals surface area contributed by atoms with Crippen LogP contribution in [-0.4, -0.2) is 32.8 Å². The Kier molecular flexibility index (Phi) is 13.3. The number of nitrogens with zero attached hydrogens (tertiary/aromatic N) is 1. The third-order valence-corrected chi connectivity index (χ3v) is 3.35. The number of aryl methyl sites for hydroxylation is 1. The van der Waals surface area contributed by atoms with Gasteiger partial charge in [-0.15, -0.1) is 24.0 Å². The molecule has 0 aromatic heterocycles. The van der Waals surface area contributed by atoms with E-state index in [1.54, 1.807) is 7.05 Å². The maximum Gasteiger partial charge on any atom is 0.191 e. The first-order valence-electron chi connectivity index (χ1n) is 7.90. The predicted molar refractivity (Wildman–Crippen MR) is 105 cm³/mol. The van der Waals surface area contributed by atoms with Crippen LogP contribution in [0.4, 0.5) is 0 Å². The molecule has 1 rings (SSSR count). The van der Waals surface area contributed by atoms with E-state index in [2.05, 4.69) is 53.7 Å². The summed E-state index contributed by atoms with van der Waals surface area (Å²) in [5.74, 6) is 0.819. The van der Waals surface area contributed by atoms with Crippen LogP contribution in [0.25, 0.3) is 0 Å². The molecule has 1 aromatic carbocycles. The topological polar surface area (TPSA) is 45.6 Å². The molecule has 5 heteroatoms. The molecular formula is C17H30IN3O. The van der Waals surface area contributed by atoms with Gasteiger partial charge in [0.25, 0.3) is 0 Å². The van der Waals surface area contributed by atoms with Crippen molar-refractivity contribution in [1.29, 1.82) is 0 Å². The number of nitrogens with one attached hydrogen (secondary N) is 2. The zero-order chi connectivity index (χ0) is 15.3. The highest BCUT2D eigenvalue weighted by Crippen LogP contribution is 2.08. The normalized spacial score (nSPS) is 11.0. The molecule has 22 heavy (non-hydrogen) atoms. The second-order valence-corrected chi connectivity index (χ2v) is 4.94. The van der Waals surface area contributed by atoms with Gasteiger partial charge in [0.2, 0.25) is 0 Å². The Bertz CT molecular complexity index is 424. The summed E-state index contributed by atoms with van der Waals surface area (Å²) in [4.78, 5) is 4.23. The second kappa shape index (κ2) is 13.8. The van der Waals surface area contributed by atoms with Crippen molar-refractivity contribution in [3.8, 4) is 0 Å². The van der Waals surface area contributed by atoms with E-state index >= 15 is 0 Å². The van der Waals surface area contributed by atoms with Crippen molar-refractivity contribution < 1.29 is 4.74 Å². The van der Waals surface area contributed by atoms with Gasteiger partial charge in [-0.2, -0.15) is 0 Å². The fourth-order valence-electron chi connectivity index (χ4n) is 2.06. The quantitative estimate of drug-likeness (QED) is 0.279. The molecule has 0 aliphatic rings. The monoisotopic (exact) mass is 419 g/mol. The van der Waals surface area contributed by atoms with Crippen LogP contribution >= 0.6 is 24.0 Å². The first-order chi connectivity index (χ1) is 10.3. The molecule has 0 aliphatic carbocycles. The molecule has 4 nitrogen and oxygen atoms in total. The van der Waals surface area contributed by atoms with Gasteiger partial charge < -0.3 is 15.4 Å². The van der Waals surface area contributed by atoms with E-state index in [4.69, 9.17) is 4.74 Å². The molecule has 0 amide bonds. The van der Waals surface area contributed by atoms with Crippen molar-refractivity contribution in [2.45, 2.75) is 39.7 Å². The summed E-state index contributed by atoms with van der Waals surface area (Å²) in [5, 5.41) is 6.61. The number of halogens is 1. The summed E-state index contributed by atoms with van der Waals surface area (Å²) >= 11 is 0. The van der Waals surface area contributed by atoms with Crippen LogP contribution < -0.4 is 10.6 Å². The Morgan fingerprint density at radius 2 is 1.82 bits per heavy atom. The minimum Gasteiger partial charge on any atom is -0.380 e. The van der Waals surface area contributed by atoms with E-state index in [-0.39, 0.29) is 24.0 Å². The van der Waals surface area contributed by atoms with Gasteiger partial charge in [0.05, 0.1) is 6.61 Å². The minimum atomic E-state index is 0. The molecule has 0 saturated heterocycles. The molecule has 0 atom stereocenters. The van der Waals surface area contributed by atoms with Crippen molar-refractivity contribution in [1.82, 2.24) is 10.6 Å². The molecule has 126 valence electrons. The van der Waals surface area contributed by atoms with Crippen molar-refractivity contribution in [3.05, 3.63) is 35.4 Å². The zero-order valence-corrected chi connectivity index (χ0v) is 16.4. The van der Waals surface area contributed by atoms with Crippen LogP contribution in [0.15, 0.2) is 29.3 Å². The highest BCUT2D eigenvalue weighted by molar-refractivity contribution is 14.0. The van der Waals surface area contributed by atoms with Gasteiger partial charge in [-0.3, -0.25) is 4.99 Å². The molecule has 0 aliphatic heterocycles. The first kappa shape index (κ1) is 21.2. The lowest BCUT2D eigenvalue weighted by molar-refractivity contribution is 0.136. The number of benzene rings is 1. The molecule has 0 heterocycles. The largest absolute Gasteiger partial charge is 0.380 e. The third kappa shape index (κ3) is 8.58. The van der Waals surface area contributed by atoms with Gasteiger partial charge >= 0.3 is 0 Å². The summed E-state index contributed by atoms with van der Waals surface area (Å²) in [5.41, 5.74) is 2.70. The molecule has 0 radical (unpaired) electrons. The predicted octanol–water partition coefficient (Wildman–Crippen LogP) is 3.35. The van der Waals surface area contributed by atoms with Gasteiger partial charge in [0.1, 0.15) is 0 Å². The maximum atomic E-state index is 5.52. The Morgan fingerprint density at radius 3 is 2.45 bits per heavy atom. The number of rotatable bonds is 9. The Hall–Kier alpha value is -0.820. The summed E-state index contributed by atoms with van der Waals surface area (Å²) in [7, 11) is 1.79. The van der Waals surface area contributed by atoms with Crippen LogP contribution in [-0.2, 0) is 17.7 Å². The summed E-state index contributed by atoms with van der Waals surface area (Å²) < 4.78 is 5.52. The smallest absolute Gasteiger partial charge is 0.191 e. The van der Waals surface area contributed by atoms with Crippen molar-refractivity contribution in [3.63, 3.8) is 0 Å². The molecule has 0 unspecified atom stereocenters. The molecule has 0 bridgehead atoms. The summed E-state index contributed by atoms with van der Waals surface area (Å²) in [6.07, 6.45) is 3.35. The van der Waals surface area contributed by atoms with E-state index in [1.165, 1.54) is 17.5 Å². The van der Waals surface area contributed by atoms with Gasteiger partial charge in [-0.05, 0) is 24.0 Å². The summed E-state index contributed by atoms with van der Waals surface area (Å²) in [6, 6.07) is 8.50. The number of hydrogen-bond acceptors (Lipinski definition) is 2. The lowest BCUT2D eigenvalue weighted by Crippen LogP contribution is -2.38. The molecule has 1 aromatic rings. The molecule has 0 spiro atoms. The van der Waals surface area contributed by atoms with Crippen molar-refractivity contribution in [2.24, 2.45) is 4.99 Å². The standard InChI is InChI=1S/C17H29N3O.HI/c1-4-6-12-21-13-11-19-17(18-3)20-14-16-10-8-7-9-15(16)5-2;/h7-10H,4-6,11-14H2,1-3H3,(H2,18,19,20);1H. The summed E-state index contributed by atoms with van der Waals surface area (Å²) in [6.45, 7) is 7.47. The maximum absolute atomic E-state index is 5.52. The first-order valence-corrected chi connectivity index (χ1v) is 7.90. The van der Waals surface area contributed by atoms with Gasteiger partial charge in [-0.1, -0.05) is 44.5 Å². The Morgan fingerprint density at radius 1 is 1.09 bits per heavy atom. The Balaban J connectivity index is 0.00000441. The van der Waals surface area contributed by atoms with Crippen LogP contribution in [0.3, 0.4) is 0 Å². The van der Waals surface area contributed by atoms with E-state index in [1.807, 2.05) is 0 Å². The zero-order valence-electron chi connectivity index (χ0n) is 14.0. The van der Waals surface area contributed by atoms with E-state index < -0.39 is 0 Å². The van der Waals surface area contributed by atoms with Gasteiger partial charge in [0.15, 0.2) is 5.96 Å². The van der Waals surface area contributed by atoms with Crippen LogP contribution in [0.5, 0.6) is 0 Å². The van der Waals surface area contributed by atoms with E-state index in [0.717, 1.165) is 38.5 Å². The van der Waals surface area contributed by atoms with E-state index in [0.29, 0.717) is 6.61 Å². The fourth-order valence-corrected chi connectivity index (χ4v) is 2.06. The van der Waals surface area contributed by atoms with Crippen molar-refractivity contribution in [2.75, 3.05) is 26.8 Å². The SMILES string of the molecule is CCCCOCCNC(=NC)NCc1ccccc1CC.I. The lowest BCUT2D eigenvalue weighted by atomic mass is 10.1. The van der Waals surface area contributed by atoms with Crippen LogP contribution in [0.2, 0.25) is 0 Å². The van der Waals surface area contributed by atoms with Gasteiger partial charge in [-0.25, -0.2) is 0 Å². The fraction of sp³-hybridized carbons (Fsp3) is 0.588. The average Bonchev–Trinajstić information content (AvgIpc) is 2.53. The minimum absolute atomic E-state index is 0. The Labute approximate surface area is 152 Å². The van der Waals surface area contributed by atoms with Crippen molar-refractivity contribution >= 4 is 29.9 Å². The molecule has 2 N–H and O–H groups in total. The number of guanidine groups is 1. The number of aliphatic imine (C=N–C) groups is 1. The van der Waals surface area contributed by atoms with Gasteiger partial charge in [0, 0.05) is 26.7 Å². The third-order valence-electron chi connectivity index (χ3n) is 3.35. The number of ether oxygens (including phenoxy) is 1. The molecule has 0 saturated carbocycles.